The van der Waals surface area contributed by atoms with Gasteiger partial charge in [0.1, 0.15) is 24.6 Å². The molecule has 7 nitrogen and oxygen atoms in total. The van der Waals surface area contributed by atoms with Gasteiger partial charge in [-0.3, -0.25) is 13.8 Å². The summed E-state index contributed by atoms with van der Waals surface area (Å²) in [6.45, 7) is 7.75. The van der Waals surface area contributed by atoms with E-state index in [-0.39, 0.29) is 35.5 Å². The summed E-state index contributed by atoms with van der Waals surface area (Å²) in [7, 11) is 1.26. The molecule has 2 aromatic rings. The van der Waals surface area contributed by atoms with Crippen molar-refractivity contribution >= 4 is 39.5 Å². The predicted molar refractivity (Wildman–Crippen MR) is 129 cm³/mol. The van der Waals surface area contributed by atoms with Gasteiger partial charge in [0, 0.05) is 5.39 Å². The van der Waals surface area contributed by atoms with Crippen LogP contribution in [0.5, 0.6) is 5.75 Å². The van der Waals surface area contributed by atoms with Gasteiger partial charge in [-0.15, -0.1) is 0 Å². The summed E-state index contributed by atoms with van der Waals surface area (Å²) >= 11 is -1.93. The van der Waals surface area contributed by atoms with E-state index in [1.807, 2.05) is 45.9 Å². The van der Waals surface area contributed by atoms with Crippen molar-refractivity contribution in [2.75, 3.05) is 24.6 Å². The van der Waals surface area contributed by atoms with Gasteiger partial charge in [0.15, 0.2) is 5.82 Å². The van der Waals surface area contributed by atoms with Crippen molar-refractivity contribution in [3.8, 4) is 5.75 Å². The normalized spacial score (nSPS) is 15.9. The first-order valence-corrected chi connectivity index (χ1v) is 11.8. The first-order valence-electron chi connectivity index (χ1n) is 10.7. The fourth-order valence-electron chi connectivity index (χ4n) is 3.11. The van der Waals surface area contributed by atoms with Gasteiger partial charge >= 0.3 is 5.97 Å². The largest absolute Gasteiger partial charge is 0.487 e. The van der Waals surface area contributed by atoms with E-state index in [0.29, 0.717) is 5.39 Å². The number of nitrogens with one attached hydrogen (secondary N) is 1. The molecule has 0 aliphatic carbocycles. The summed E-state index contributed by atoms with van der Waals surface area (Å²) in [5.41, 5.74) is 1.05. The van der Waals surface area contributed by atoms with E-state index in [1.165, 1.54) is 25.3 Å². The van der Waals surface area contributed by atoms with Crippen molar-refractivity contribution in [1.82, 2.24) is 4.72 Å². The highest BCUT2D eigenvalue weighted by molar-refractivity contribution is 7.85. The second-order valence-electron chi connectivity index (χ2n) is 6.74. The summed E-state index contributed by atoms with van der Waals surface area (Å²) in [5, 5.41) is 0.609. The third-order valence-electron chi connectivity index (χ3n) is 4.71. The molecule has 1 unspecified atom stereocenters. The molecular weight excluding hydrogens is 447 g/mol. The van der Waals surface area contributed by atoms with Crippen LogP contribution in [-0.4, -0.2) is 36.3 Å². The van der Waals surface area contributed by atoms with Crippen LogP contribution in [0.15, 0.2) is 48.1 Å². The molecule has 1 aliphatic heterocycles. The minimum Gasteiger partial charge on any atom is -0.487 e. The van der Waals surface area contributed by atoms with Crippen LogP contribution >= 0.6 is 0 Å². The van der Waals surface area contributed by atoms with Gasteiger partial charge in [0.2, 0.25) is 11.2 Å². The number of nitrogens with zero attached hydrogens (tertiary/aromatic N) is 1. The molecule has 0 bridgehead atoms. The van der Waals surface area contributed by atoms with Crippen molar-refractivity contribution in [2.45, 2.75) is 34.1 Å². The highest BCUT2D eigenvalue weighted by Gasteiger charge is 2.32. The lowest BCUT2D eigenvalue weighted by Crippen LogP contribution is -2.24. The predicted octanol–water partition coefficient (Wildman–Crippen LogP) is 4.60. The molecule has 33 heavy (non-hydrogen) atoms. The lowest BCUT2D eigenvalue weighted by Gasteiger charge is -2.21. The van der Waals surface area contributed by atoms with E-state index in [1.54, 1.807) is 6.07 Å². The van der Waals surface area contributed by atoms with Gasteiger partial charge in [-0.05, 0) is 42.5 Å². The number of halogens is 1. The number of carbonyl (C=O) groups excluding carboxylic acids is 2. The SMILES string of the molecule is C/C=C(\C=C/CC)COc1cc2cc(C(=O)OC)ccc2c(F)c1N1CC(=O)NS1=O.CC. The second kappa shape index (κ2) is 12.2. The van der Waals surface area contributed by atoms with Crippen molar-refractivity contribution in [1.29, 1.82) is 0 Å². The summed E-state index contributed by atoms with van der Waals surface area (Å²) in [5.74, 6) is -1.61. The maximum atomic E-state index is 15.6. The fourth-order valence-corrected chi connectivity index (χ4v) is 4.05. The van der Waals surface area contributed by atoms with E-state index in [2.05, 4.69) is 4.72 Å². The van der Waals surface area contributed by atoms with Crippen molar-refractivity contribution < 1.29 is 27.7 Å². The van der Waals surface area contributed by atoms with Crippen LogP contribution in [0, 0.1) is 5.82 Å². The van der Waals surface area contributed by atoms with Gasteiger partial charge in [-0.1, -0.05) is 45.1 Å². The highest BCUT2D eigenvalue weighted by atomic mass is 32.2. The number of esters is 1. The maximum absolute atomic E-state index is 15.6. The summed E-state index contributed by atoms with van der Waals surface area (Å²) in [6.07, 6.45) is 6.61. The first kappa shape index (κ1) is 26.1. The number of methoxy groups -OCH3 is 1. The first-order chi connectivity index (χ1) is 15.9. The molecule has 1 N–H and O–H groups in total. The van der Waals surface area contributed by atoms with Crippen molar-refractivity contribution in [3.05, 3.63) is 59.4 Å². The third-order valence-corrected chi connectivity index (χ3v) is 5.82. The molecule has 1 atom stereocenters. The summed E-state index contributed by atoms with van der Waals surface area (Å²) in [4.78, 5) is 23.6. The zero-order valence-electron chi connectivity index (χ0n) is 19.4. The van der Waals surface area contributed by atoms with E-state index >= 15 is 4.39 Å². The summed E-state index contributed by atoms with van der Waals surface area (Å²) in [6, 6.07) is 5.95. The molecule has 1 heterocycles. The average Bonchev–Trinajstić information content (AvgIpc) is 3.16. The van der Waals surface area contributed by atoms with Crippen LogP contribution < -0.4 is 13.8 Å². The number of benzene rings is 2. The van der Waals surface area contributed by atoms with E-state index < -0.39 is 28.9 Å². The monoisotopic (exact) mass is 476 g/mol. The van der Waals surface area contributed by atoms with E-state index in [0.717, 1.165) is 16.3 Å². The lowest BCUT2D eigenvalue weighted by atomic mass is 10.0. The number of rotatable bonds is 7. The van der Waals surface area contributed by atoms with Crippen LogP contribution in [0.1, 0.15) is 44.5 Å². The molecule has 0 radical (unpaired) electrons. The Morgan fingerprint density at radius 3 is 2.61 bits per heavy atom. The highest BCUT2D eigenvalue weighted by Crippen LogP contribution is 2.39. The zero-order chi connectivity index (χ0) is 24.5. The fraction of sp³-hybridized carbons (Fsp3) is 0.333. The standard InChI is InChI=1S/C22H23FN2O5S.C2H6/c1-4-6-7-14(5-2)13-30-18-11-16-10-15(22(27)29-3)8-9-17(16)20(23)21(18)25-12-19(26)24-31(25)28;1-2/h5-11H,4,12-13H2,1-3H3,(H,24,26);1-2H3/b7-6-,14-5+;. The van der Waals surface area contributed by atoms with Gasteiger partial charge in [-0.25, -0.2) is 13.4 Å². The Hall–Kier alpha value is -3.20. The Balaban J connectivity index is 0.00000187. The van der Waals surface area contributed by atoms with E-state index in [4.69, 9.17) is 9.47 Å². The minimum absolute atomic E-state index is 0.0788. The number of hydrogen-bond donors (Lipinski definition) is 1. The second-order valence-corrected chi connectivity index (χ2v) is 7.88. The van der Waals surface area contributed by atoms with Gasteiger partial charge in [0.05, 0.1) is 12.7 Å². The zero-order valence-corrected chi connectivity index (χ0v) is 20.3. The van der Waals surface area contributed by atoms with E-state index in [9.17, 15) is 13.8 Å². The lowest BCUT2D eigenvalue weighted by molar-refractivity contribution is -0.117. The molecule has 0 saturated carbocycles. The molecule has 9 heteroatoms. The van der Waals surface area contributed by atoms with Gasteiger partial charge in [-0.2, -0.15) is 0 Å². The van der Waals surface area contributed by atoms with Crippen molar-refractivity contribution in [3.63, 3.8) is 0 Å². The third kappa shape index (κ3) is 5.98. The maximum Gasteiger partial charge on any atom is 0.337 e. The number of ether oxygens (including phenoxy) is 2. The molecule has 1 aliphatic rings. The molecular formula is C24H29FN2O5S. The average molecular weight is 477 g/mol. The van der Waals surface area contributed by atoms with Gasteiger partial charge < -0.3 is 9.47 Å². The Kier molecular flexibility index (Phi) is 9.59. The van der Waals surface area contributed by atoms with Crippen LogP contribution in [0.25, 0.3) is 10.8 Å². The van der Waals surface area contributed by atoms with Crippen molar-refractivity contribution in [2.24, 2.45) is 0 Å². The molecule has 1 amide bonds. The molecule has 2 aromatic carbocycles. The molecule has 1 saturated heterocycles. The van der Waals surface area contributed by atoms with Crippen LogP contribution in [0.4, 0.5) is 10.1 Å². The minimum atomic E-state index is -1.93. The van der Waals surface area contributed by atoms with Crippen LogP contribution in [0.3, 0.4) is 0 Å². The Labute approximate surface area is 196 Å². The number of anilines is 1. The molecule has 0 spiro atoms. The summed E-state index contributed by atoms with van der Waals surface area (Å²) < 4.78 is 41.9. The van der Waals surface area contributed by atoms with Crippen LogP contribution in [-0.2, 0) is 20.7 Å². The number of amides is 1. The van der Waals surface area contributed by atoms with Crippen LogP contribution in [0.2, 0.25) is 0 Å². The quantitative estimate of drug-likeness (QED) is 0.466. The molecule has 1 fully saturated rings. The Morgan fingerprint density at radius 1 is 1.30 bits per heavy atom. The number of allylic oxidation sites excluding steroid dienone is 2. The molecule has 0 aromatic heterocycles. The topological polar surface area (TPSA) is 84.9 Å². The molecule has 178 valence electrons. The smallest absolute Gasteiger partial charge is 0.337 e. The number of carbonyl (C=O) groups is 2. The Morgan fingerprint density at radius 2 is 2.03 bits per heavy atom. The molecule has 3 rings (SSSR count). The number of fused-ring (bicyclic) bond motifs is 1. The Bertz CT molecular complexity index is 1110. The number of hydrogen-bond acceptors (Lipinski definition) is 5. The van der Waals surface area contributed by atoms with Gasteiger partial charge in [0.25, 0.3) is 5.91 Å².